The number of hydrogen-bond donors (Lipinski definition) is 2. The summed E-state index contributed by atoms with van der Waals surface area (Å²) in [5.74, 6) is 2.54. The summed E-state index contributed by atoms with van der Waals surface area (Å²) in [6, 6.07) is 0.754. The summed E-state index contributed by atoms with van der Waals surface area (Å²) in [6.45, 7) is 3.43. The third kappa shape index (κ3) is 3.28. The molecular weight excluding hydrogens is 210 g/mol. The Morgan fingerprint density at radius 3 is 3.20 bits per heavy atom. The summed E-state index contributed by atoms with van der Waals surface area (Å²) in [5, 5.41) is 6.34. The summed E-state index contributed by atoms with van der Waals surface area (Å²) >= 11 is 2.03. The van der Waals surface area contributed by atoms with Crippen LogP contribution >= 0.6 is 11.8 Å². The summed E-state index contributed by atoms with van der Waals surface area (Å²) in [5.41, 5.74) is 0. The highest BCUT2D eigenvalue weighted by molar-refractivity contribution is 7.99. The fourth-order valence-corrected chi connectivity index (χ4v) is 3.14. The Kier molecular flexibility index (Phi) is 4.14. The maximum Gasteiger partial charge on any atom is 0.317 e. The highest BCUT2D eigenvalue weighted by atomic mass is 32.2. The van der Waals surface area contributed by atoms with Crippen LogP contribution < -0.4 is 10.6 Å². The SMILES string of the molecule is O=C1NCCN1CCNC1CCCSC1. The smallest absolute Gasteiger partial charge is 0.317 e. The molecule has 0 radical (unpaired) electrons. The van der Waals surface area contributed by atoms with E-state index < -0.39 is 0 Å². The molecule has 1 atom stereocenters. The largest absolute Gasteiger partial charge is 0.336 e. The van der Waals surface area contributed by atoms with Crippen LogP contribution in [0.1, 0.15) is 12.8 Å². The molecule has 0 aromatic rings. The molecule has 2 N–H and O–H groups in total. The molecule has 2 aliphatic rings. The minimum atomic E-state index is 0.0924. The number of rotatable bonds is 4. The summed E-state index contributed by atoms with van der Waals surface area (Å²) in [6.07, 6.45) is 2.62. The molecule has 4 nitrogen and oxygen atoms in total. The molecule has 0 spiro atoms. The van der Waals surface area contributed by atoms with Gasteiger partial charge in [0.05, 0.1) is 0 Å². The van der Waals surface area contributed by atoms with Crippen molar-refractivity contribution in [2.45, 2.75) is 18.9 Å². The number of carbonyl (C=O) groups is 1. The van der Waals surface area contributed by atoms with Crippen LogP contribution in [0.2, 0.25) is 0 Å². The standard InChI is InChI=1S/C10H19N3OS/c14-10-12-4-6-13(10)5-3-11-9-2-1-7-15-8-9/h9,11H,1-8H2,(H,12,14). The van der Waals surface area contributed by atoms with Gasteiger partial charge in [0.2, 0.25) is 0 Å². The van der Waals surface area contributed by atoms with Crippen molar-refractivity contribution in [1.82, 2.24) is 15.5 Å². The molecule has 0 aliphatic carbocycles. The molecule has 86 valence electrons. The van der Waals surface area contributed by atoms with Gasteiger partial charge in [-0.05, 0) is 18.6 Å². The molecule has 2 aliphatic heterocycles. The topological polar surface area (TPSA) is 44.4 Å². The lowest BCUT2D eigenvalue weighted by Gasteiger charge is -2.23. The van der Waals surface area contributed by atoms with E-state index in [1.807, 2.05) is 16.7 Å². The maximum absolute atomic E-state index is 11.2. The number of nitrogens with one attached hydrogen (secondary N) is 2. The predicted octanol–water partition coefficient (Wildman–Crippen LogP) is 0.497. The Balaban J connectivity index is 1.59. The van der Waals surface area contributed by atoms with Crippen molar-refractivity contribution in [3.63, 3.8) is 0 Å². The van der Waals surface area contributed by atoms with E-state index in [0.717, 1.165) is 26.2 Å². The molecule has 2 amide bonds. The van der Waals surface area contributed by atoms with Gasteiger partial charge in [-0.3, -0.25) is 0 Å². The normalized spacial score (nSPS) is 26.8. The lowest BCUT2D eigenvalue weighted by Crippen LogP contribution is -2.40. The molecule has 5 heteroatoms. The Bertz CT molecular complexity index is 219. The van der Waals surface area contributed by atoms with Crippen LogP contribution in [-0.2, 0) is 0 Å². The zero-order chi connectivity index (χ0) is 10.5. The molecule has 2 heterocycles. The molecule has 0 aromatic heterocycles. The van der Waals surface area contributed by atoms with Gasteiger partial charge in [0, 0.05) is 38.0 Å². The maximum atomic E-state index is 11.2. The van der Waals surface area contributed by atoms with Gasteiger partial charge >= 0.3 is 6.03 Å². The second-order valence-electron chi connectivity index (χ2n) is 4.09. The van der Waals surface area contributed by atoms with Gasteiger partial charge in [-0.15, -0.1) is 0 Å². The van der Waals surface area contributed by atoms with Gasteiger partial charge in [-0.2, -0.15) is 11.8 Å². The third-order valence-electron chi connectivity index (χ3n) is 2.92. The number of amides is 2. The first-order valence-corrected chi connectivity index (χ1v) is 6.85. The van der Waals surface area contributed by atoms with Crippen molar-refractivity contribution in [1.29, 1.82) is 0 Å². The van der Waals surface area contributed by atoms with Gasteiger partial charge in [-0.1, -0.05) is 0 Å². The van der Waals surface area contributed by atoms with Gasteiger partial charge in [0.15, 0.2) is 0 Å². The molecule has 0 bridgehead atoms. The van der Waals surface area contributed by atoms with Gasteiger partial charge < -0.3 is 15.5 Å². The van der Waals surface area contributed by atoms with Crippen molar-refractivity contribution in [2.24, 2.45) is 0 Å². The summed E-state index contributed by atoms with van der Waals surface area (Å²) < 4.78 is 0. The van der Waals surface area contributed by atoms with Crippen LogP contribution in [0.5, 0.6) is 0 Å². The highest BCUT2D eigenvalue weighted by Gasteiger charge is 2.19. The summed E-state index contributed by atoms with van der Waals surface area (Å²) in [7, 11) is 0. The first-order chi connectivity index (χ1) is 7.36. The van der Waals surface area contributed by atoms with Gasteiger partial charge in [0.1, 0.15) is 0 Å². The van der Waals surface area contributed by atoms with Crippen LogP contribution in [-0.4, -0.2) is 54.7 Å². The first-order valence-electron chi connectivity index (χ1n) is 5.70. The molecule has 15 heavy (non-hydrogen) atoms. The van der Waals surface area contributed by atoms with Crippen molar-refractivity contribution < 1.29 is 4.79 Å². The van der Waals surface area contributed by atoms with E-state index >= 15 is 0 Å². The second kappa shape index (κ2) is 5.61. The first kappa shape index (κ1) is 11.1. The number of thioether (sulfide) groups is 1. The Morgan fingerprint density at radius 2 is 2.53 bits per heavy atom. The van der Waals surface area contributed by atoms with Crippen molar-refractivity contribution >= 4 is 17.8 Å². The molecule has 2 rings (SSSR count). The van der Waals surface area contributed by atoms with Gasteiger partial charge in [0.25, 0.3) is 0 Å². The Morgan fingerprint density at radius 1 is 1.60 bits per heavy atom. The highest BCUT2D eigenvalue weighted by Crippen LogP contribution is 2.16. The van der Waals surface area contributed by atoms with Crippen LogP contribution in [0.3, 0.4) is 0 Å². The van der Waals surface area contributed by atoms with E-state index in [2.05, 4.69) is 10.6 Å². The fourth-order valence-electron chi connectivity index (χ4n) is 2.03. The second-order valence-corrected chi connectivity index (χ2v) is 5.24. The molecule has 1 unspecified atom stereocenters. The average molecular weight is 229 g/mol. The lowest BCUT2D eigenvalue weighted by molar-refractivity contribution is 0.217. The fraction of sp³-hybridized carbons (Fsp3) is 0.900. The Labute approximate surface area is 95.2 Å². The van der Waals surface area contributed by atoms with E-state index in [4.69, 9.17) is 0 Å². The van der Waals surface area contributed by atoms with Crippen molar-refractivity contribution in [3.05, 3.63) is 0 Å². The van der Waals surface area contributed by atoms with Crippen LogP contribution in [0, 0.1) is 0 Å². The minimum absolute atomic E-state index is 0.0924. The average Bonchev–Trinajstić information content (AvgIpc) is 2.66. The monoisotopic (exact) mass is 229 g/mol. The van der Waals surface area contributed by atoms with Crippen molar-refractivity contribution in [2.75, 3.05) is 37.7 Å². The number of hydrogen-bond acceptors (Lipinski definition) is 3. The summed E-state index contributed by atoms with van der Waals surface area (Å²) in [4.78, 5) is 13.1. The molecule has 0 aromatic carbocycles. The van der Waals surface area contributed by atoms with E-state index in [9.17, 15) is 4.79 Å². The Hall–Kier alpha value is -0.420. The van der Waals surface area contributed by atoms with E-state index in [1.165, 1.54) is 24.3 Å². The zero-order valence-corrected chi connectivity index (χ0v) is 9.81. The molecule has 0 saturated carbocycles. The number of carbonyl (C=O) groups excluding carboxylic acids is 1. The van der Waals surface area contributed by atoms with Crippen LogP contribution in [0.4, 0.5) is 4.79 Å². The number of urea groups is 1. The zero-order valence-electron chi connectivity index (χ0n) is 9.00. The van der Waals surface area contributed by atoms with Crippen LogP contribution in [0.25, 0.3) is 0 Å². The lowest BCUT2D eigenvalue weighted by atomic mass is 10.2. The van der Waals surface area contributed by atoms with E-state index in [-0.39, 0.29) is 6.03 Å². The molecular formula is C10H19N3OS. The van der Waals surface area contributed by atoms with Gasteiger partial charge in [-0.25, -0.2) is 4.79 Å². The third-order valence-corrected chi connectivity index (χ3v) is 4.14. The van der Waals surface area contributed by atoms with E-state index in [0.29, 0.717) is 6.04 Å². The van der Waals surface area contributed by atoms with E-state index in [1.54, 1.807) is 0 Å². The predicted molar refractivity (Wildman–Crippen MR) is 63.3 cm³/mol. The number of nitrogens with zero attached hydrogens (tertiary/aromatic N) is 1. The molecule has 2 saturated heterocycles. The minimum Gasteiger partial charge on any atom is -0.336 e. The van der Waals surface area contributed by atoms with Crippen LogP contribution in [0.15, 0.2) is 0 Å². The molecule has 2 fully saturated rings. The van der Waals surface area contributed by atoms with Crippen molar-refractivity contribution in [3.8, 4) is 0 Å². The quantitative estimate of drug-likeness (QED) is 0.738.